The molecule has 38 heavy (non-hydrogen) atoms. The maximum Gasteiger partial charge on any atom is 0.179 e. The molecule has 0 saturated carbocycles. The fraction of sp³-hybridized carbons (Fsp3) is 0.100. The number of halogens is 1. The molecule has 2 aliphatic heterocycles. The average molecular weight is 563 g/mol. The molecule has 0 fully saturated rings. The van der Waals surface area contributed by atoms with Crippen molar-refractivity contribution in [1.29, 1.82) is 0 Å². The molecule has 8 heteroatoms. The first kappa shape index (κ1) is 22.7. The van der Waals surface area contributed by atoms with Crippen molar-refractivity contribution in [3.05, 3.63) is 118 Å². The second-order valence-corrected chi connectivity index (χ2v) is 10.1. The van der Waals surface area contributed by atoms with Gasteiger partial charge in [0, 0.05) is 5.69 Å². The van der Waals surface area contributed by atoms with Gasteiger partial charge >= 0.3 is 0 Å². The molecule has 3 aromatic carbocycles. The van der Waals surface area contributed by atoms with Gasteiger partial charge in [-0.2, -0.15) is 5.10 Å². The molecular weight excluding hydrogens is 540 g/mol. The lowest BCUT2D eigenvalue weighted by molar-refractivity contribution is 0.468. The lowest BCUT2D eigenvalue weighted by Crippen LogP contribution is -2.46. The number of aromatic nitrogens is 2. The zero-order chi connectivity index (χ0) is 25.8. The number of anilines is 2. The van der Waals surface area contributed by atoms with Crippen LogP contribution in [0.2, 0.25) is 0 Å². The summed E-state index contributed by atoms with van der Waals surface area (Å²) in [5, 5.41) is 8.49. The smallest absolute Gasteiger partial charge is 0.179 e. The van der Waals surface area contributed by atoms with E-state index in [9.17, 15) is 0 Å². The average Bonchev–Trinajstić information content (AvgIpc) is 3.51. The summed E-state index contributed by atoms with van der Waals surface area (Å²) < 4.78 is 8.78. The van der Waals surface area contributed by atoms with Crippen molar-refractivity contribution in [2.75, 3.05) is 10.2 Å². The Kier molecular flexibility index (Phi) is 5.30. The number of fused-ring (bicyclic) bond motifs is 4. The van der Waals surface area contributed by atoms with E-state index in [1.165, 1.54) is 0 Å². The number of hydrogen-bond acceptors (Lipinski definition) is 6. The molecule has 5 aromatic rings. The first-order valence-electron chi connectivity index (χ1n) is 12.4. The van der Waals surface area contributed by atoms with Gasteiger partial charge < -0.3 is 14.6 Å². The quantitative estimate of drug-likeness (QED) is 0.245. The Morgan fingerprint density at radius 3 is 2.47 bits per heavy atom. The molecule has 2 aromatic heterocycles. The second kappa shape index (κ2) is 8.85. The summed E-state index contributed by atoms with van der Waals surface area (Å²) in [6.07, 6.45) is 0. The summed E-state index contributed by atoms with van der Waals surface area (Å²) in [6, 6.07) is 30.1. The molecule has 0 amide bonds. The molecule has 1 atom stereocenters. The number of aryl methyl sites for hydroxylation is 2. The maximum absolute atomic E-state index is 6.21. The summed E-state index contributed by atoms with van der Waals surface area (Å²) in [4.78, 5) is 12.5. The number of hydrogen-bond donors (Lipinski definition) is 1. The molecule has 0 bridgehead atoms. The first-order valence-corrected chi connectivity index (χ1v) is 13.2. The number of para-hydroxylation sites is 3. The lowest BCUT2D eigenvalue weighted by Gasteiger charge is -2.39. The molecule has 4 heterocycles. The van der Waals surface area contributed by atoms with Crippen LogP contribution in [0, 0.1) is 13.8 Å². The fourth-order valence-corrected chi connectivity index (χ4v) is 5.47. The number of aliphatic imine (C=N–C) groups is 2. The minimum Gasteiger partial charge on any atom is -0.452 e. The molecule has 0 saturated heterocycles. The standard InChI is InChI=1S/C30H23BrN6O/c1-18-9-8-10-20(17-18)32-28-30-34-29-26(19(2)35-37(29)21-11-4-3-5-12-21)27(24-15-16-25(31)38-24)36(30)23-14-7-6-13-22(23)33-28/h3-17,27H,1-2H3,(H,32,33)/t27-/m0/s1. The Morgan fingerprint density at radius 2 is 1.68 bits per heavy atom. The monoisotopic (exact) mass is 562 g/mol. The largest absolute Gasteiger partial charge is 0.452 e. The van der Waals surface area contributed by atoms with Crippen LogP contribution in [-0.2, 0) is 0 Å². The highest BCUT2D eigenvalue weighted by molar-refractivity contribution is 9.10. The Balaban J connectivity index is 1.50. The number of benzene rings is 3. The fourth-order valence-electron chi connectivity index (χ4n) is 5.15. The van der Waals surface area contributed by atoms with Crippen molar-refractivity contribution in [2.24, 2.45) is 9.98 Å². The van der Waals surface area contributed by atoms with Crippen molar-refractivity contribution in [1.82, 2.24) is 9.78 Å². The number of rotatable bonds is 3. The summed E-state index contributed by atoms with van der Waals surface area (Å²) in [6.45, 7) is 4.10. The first-order chi connectivity index (χ1) is 18.6. The van der Waals surface area contributed by atoms with E-state index in [1.54, 1.807) is 0 Å². The molecular formula is C30H23BrN6O. The van der Waals surface area contributed by atoms with E-state index in [0.29, 0.717) is 16.3 Å². The van der Waals surface area contributed by atoms with Crippen LogP contribution in [0.4, 0.5) is 22.9 Å². The number of nitrogens with one attached hydrogen (secondary N) is 1. The summed E-state index contributed by atoms with van der Waals surface area (Å²) in [5.74, 6) is 2.91. The van der Waals surface area contributed by atoms with Gasteiger partial charge in [0.15, 0.2) is 22.2 Å². The highest BCUT2D eigenvalue weighted by Gasteiger charge is 2.42. The minimum atomic E-state index is -0.299. The van der Waals surface area contributed by atoms with Crippen molar-refractivity contribution in [2.45, 2.75) is 19.9 Å². The van der Waals surface area contributed by atoms with Gasteiger partial charge in [0.2, 0.25) is 0 Å². The van der Waals surface area contributed by atoms with E-state index in [4.69, 9.17) is 19.5 Å². The van der Waals surface area contributed by atoms with Gasteiger partial charge in [-0.15, -0.1) is 0 Å². The van der Waals surface area contributed by atoms with E-state index in [2.05, 4.69) is 51.3 Å². The minimum absolute atomic E-state index is 0.299. The van der Waals surface area contributed by atoms with Gasteiger partial charge in [-0.25, -0.2) is 14.7 Å². The molecule has 2 aliphatic rings. The van der Waals surface area contributed by atoms with Crippen LogP contribution in [0.5, 0.6) is 0 Å². The normalized spacial score (nSPS) is 15.8. The molecule has 7 rings (SSSR count). The van der Waals surface area contributed by atoms with E-state index >= 15 is 0 Å². The highest BCUT2D eigenvalue weighted by Crippen LogP contribution is 2.48. The van der Waals surface area contributed by atoms with Crippen molar-refractivity contribution in [3.8, 4) is 5.69 Å². The summed E-state index contributed by atoms with van der Waals surface area (Å²) in [5.41, 5.74) is 6.73. The van der Waals surface area contributed by atoms with Crippen LogP contribution in [0.15, 0.2) is 110 Å². The van der Waals surface area contributed by atoms with E-state index < -0.39 is 0 Å². The number of furan rings is 1. The van der Waals surface area contributed by atoms with Gasteiger partial charge in [0.1, 0.15) is 11.8 Å². The SMILES string of the molecule is Cc1cccc(NC2=Nc3ccccc3N3C2=Nc2c(c(C)nn2-c2ccccc2)[C@@H]3c2ccc(Br)o2)c1. The second-order valence-electron chi connectivity index (χ2n) is 9.36. The third kappa shape index (κ3) is 3.68. The lowest BCUT2D eigenvalue weighted by atomic mass is 9.98. The van der Waals surface area contributed by atoms with E-state index in [1.807, 2.05) is 84.4 Å². The van der Waals surface area contributed by atoms with E-state index in [0.717, 1.165) is 51.1 Å². The third-order valence-electron chi connectivity index (χ3n) is 6.78. The maximum atomic E-state index is 6.21. The molecule has 186 valence electrons. The van der Waals surface area contributed by atoms with Crippen LogP contribution in [0.25, 0.3) is 5.69 Å². The predicted octanol–water partition coefficient (Wildman–Crippen LogP) is 7.64. The summed E-state index contributed by atoms with van der Waals surface area (Å²) >= 11 is 3.51. The Morgan fingerprint density at radius 1 is 0.868 bits per heavy atom. The van der Waals surface area contributed by atoms with Crippen LogP contribution >= 0.6 is 15.9 Å². The van der Waals surface area contributed by atoms with Crippen molar-refractivity contribution >= 4 is 50.5 Å². The van der Waals surface area contributed by atoms with Crippen LogP contribution < -0.4 is 10.2 Å². The van der Waals surface area contributed by atoms with Crippen molar-refractivity contribution in [3.63, 3.8) is 0 Å². The predicted molar refractivity (Wildman–Crippen MR) is 154 cm³/mol. The Hall–Kier alpha value is -4.43. The van der Waals surface area contributed by atoms with Crippen LogP contribution in [-0.4, -0.2) is 21.5 Å². The van der Waals surface area contributed by atoms with Gasteiger partial charge in [-0.05, 0) is 83.9 Å². The highest BCUT2D eigenvalue weighted by atomic mass is 79.9. The van der Waals surface area contributed by atoms with Crippen LogP contribution in [0.3, 0.4) is 0 Å². The molecule has 0 unspecified atom stereocenters. The number of amidine groups is 2. The van der Waals surface area contributed by atoms with Gasteiger partial charge in [-0.3, -0.25) is 0 Å². The van der Waals surface area contributed by atoms with Gasteiger partial charge in [0.25, 0.3) is 0 Å². The molecule has 0 aliphatic carbocycles. The third-order valence-corrected chi connectivity index (χ3v) is 7.21. The molecule has 0 spiro atoms. The van der Waals surface area contributed by atoms with Gasteiger partial charge in [0.05, 0.1) is 28.3 Å². The summed E-state index contributed by atoms with van der Waals surface area (Å²) in [7, 11) is 0. The zero-order valence-corrected chi connectivity index (χ0v) is 22.3. The molecule has 0 radical (unpaired) electrons. The Labute approximate surface area is 228 Å². The van der Waals surface area contributed by atoms with E-state index in [-0.39, 0.29) is 6.04 Å². The molecule has 1 N–H and O–H groups in total. The molecule has 7 nitrogen and oxygen atoms in total. The van der Waals surface area contributed by atoms with Gasteiger partial charge in [-0.1, -0.05) is 42.5 Å². The van der Waals surface area contributed by atoms with Crippen molar-refractivity contribution < 1.29 is 4.42 Å². The Bertz CT molecular complexity index is 1750. The topological polar surface area (TPSA) is 71.0 Å². The zero-order valence-electron chi connectivity index (χ0n) is 20.8. The van der Waals surface area contributed by atoms with Crippen LogP contribution in [0.1, 0.15) is 28.6 Å². The number of nitrogens with zero attached hydrogens (tertiary/aromatic N) is 5.